The number of esters is 1. The van der Waals surface area contributed by atoms with Crippen LogP contribution in [-0.2, 0) is 11.3 Å². The Balaban J connectivity index is 1.72. The fourth-order valence-electron chi connectivity index (χ4n) is 2.72. The van der Waals surface area contributed by atoms with Crippen LogP contribution in [0, 0.1) is 13.8 Å². The molecule has 0 radical (unpaired) electrons. The third kappa shape index (κ3) is 2.95. The molecule has 4 aromatic rings. The Hall–Kier alpha value is -3.48. The normalized spacial score (nSPS) is 11.0. The molecule has 130 valence electrons. The van der Waals surface area contributed by atoms with Crippen LogP contribution < -0.4 is 0 Å². The number of ether oxygens (including phenoxy) is 1. The zero-order valence-electron chi connectivity index (χ0n) is 14.2. The molecule has 0 unspecified atom stereocenters. The summed E-state index contributed by atoms with van der Waals surface area (Å²) in [5.41, 5.74) is 3.26. The predicted molar refractivity (Wildman–Crippen MR) is 92.3 cm³/mol. The number of hydrogen-bond acceptors (Lipinski definition) is 7. The number of aromatic nitrogens is 3. The van der Waals surface area contributed by atoms with Gasteiger partial charge in [0.1, 0.15) is 18.1 Å². The maximum atomic E-state index is 12.7. The van der Waals surface area contributed by atoms with E-state index in [4.69, 9.17) is 13.8 Å². The van der Waals surface area contributed by atoms with E-state index in [0.29, 0.717) is 39.5 Å². The van der Waals surface area contributed by atoms with Gasteiger partial charge in [-0.15, -0.1) is 0 Å². The fourth-order valence-corrected chi connectivity index (χ4v) is 2.72. The van der Waals surface area contributed by atoms with Gasteiger partial charge in [-0.05, 0) is 19.9 Å². The first kappa shape index (κ1) is 16.0. The van der Waals surface area contributed by atoms with Gasteiger partial charge < -0.3 is 13.8 Å². The molecule has 0 saturated carbocycles. The number of fused-ring (bicyclic) bond motifs is 1. The number of rotatable bonds is 4. The van der Waals surface area contributed by atoms with E-state index in [1.165, 1.54) is 0 Å². The van der Waals surface area contributed by atoms with Crippen LogP contribution in [0.2, 0.25) is 0 Å². The molecule has 3 heterocycles. The van der Waals surface area contributed by atoms with Crippen molar-refractivity contribution in [1.29, 1.82) is 0 Å². The predicted octanol–water partition coefficient (Wildman–Crippen LogP) is 3.85. The first-order valence-electron chi connectivity index (χ1n) is 8.03. The summed E-state index contributed by atoms with van der Waals surface area (Å²) < 4.78 is 15.6. The summed E-state index contributed by atoms with van der Waals surface area (Å²) in [5, 5.41) is 8.29. The molecule has 0 atom stereocenters. The minimum atomic E-state index is -0.499. The van der Waals surface area contributed by atoms with Crippen molar-refractivity contribution in [1.82, 2.24) is 15.3 Å². The molecule has 7 heteroatoms. The highest BCUT2D eigenvalue weighted by Gasteiger charge is 2.20. The smallest absolute Gasteiger partial charge is 0.339 e. The minimum Gasteiger partial charge on any atom is -0.455 e. The average molecular weight is 349 g/mol. The van der Waals surface area contributed by atoms with Crippen LogP contribution in [0.4, 0.5) is 0 Å². The number of nitrogens with zero attached hydrogens (tertiary/aromatic N) is 3. The summed E-state index contributed by atoms with van der Waals surface area (Å²) in [5.74, 6) is 0.158. The van der Waals surface area contributed by atoms with E-state index in [1.807, 2.05) is 30.3 Å². The van der Waals surface area contributed by atoms with Crippen LogP contribution in [0.1, 0.15) is 27.5 Å². The van der Waals surface area contributed by atoms with Crippen LogP contribution in [0.25, 0.3) is 22.4 Å². The molecule has 0 bridgehead atoms. The molecule has 7 nitrogen and oxygen atoms in total. The van der Waals surface area contributed by atoms with E-state index in [0.717, 1.165) is 5.56 Å². The second-order valence-electron chi connectivity index (χ2n) is 5.87. The van der Waals surface area contributed by atoms with E-state index in [2.05, 4.69) is 15.3 Å². The summed E-state index contributed by atoms with van der Waals surface area (Å²) in [4.78, 5) is 17.2. The Morgan fingerprint density at radius 3 is 2.62 bits per heavy atom. The monoisotopic (exact) mass is 349 g/mol. The maximum absolute atomic E-state index is 12.7. The van der Waals surface area contributed by atoms with Crippen LogP contribution in [0.15, 0.2) is 51.5 Å². The van der Waals surface area contributed by atoms with Gasteiger partial charge in [0.2, 0.25) is 0 Å². The van der Waals surface area contributed by atoms with Gasteiger partial charge in [0.25, 0.3) is 5.71 Å². The summed E-state index contributed by atoms with van der Waals surface area (Å²) in [7, 11) is 0. The van der Waals surface area contributed by atoms with Gasteiger partial charge in [-0.3, -0.25) is 0 Å². The molecule has 0 aliphatic heterocycles. The lowest BCUT2D eigenvalue weighted by molar-refractivity contribution is 0.0466. The molecule has 0 saturated heterocycles. The molecule has 0 spiro atoms. The maximum Gasteiger partial charge on any atom is 0.339 e. The number of pyridine rings is 1. The number of carbonyl (C=O) groups excluding carboxylic acids is 1. The van der Waals surface area contributed by atoms with E-state index in [1.54, 1.807) is 26.0 Å². The highest BCUT2D eigenvalue weighted by atomic mass is 16.5. The molecule has 0 amide bonds. The first-order chi connectivity index (χ1) is 12.6. The third-order valence-electron chi connectivity index (χ3n) is 3.93. The van der Waals surface area contributed by atoms with Gasteiger partial charge in [-0.25, -0.2) is 9.78 Å². The SMILES string of the molecule is Cc1cc(COC(=O)c2cc(-c3ccccc3)nc3onc(C)c23)no1. The van der Waals surface area contributed by atoms with Crippen LogP contribution >= 0.6 is 0 Å². The number of aryl methyl sites for hydroxylation is 2. The van der Waals surface area contributed by atoms with Gasteiger partial charge in [0.05, 0.1) is 22.3 Å². The first-order valence-corrected chi connectivity index (χ1v) is 8.03. The molecule has 0 fully saturated rings. The summed E-state index contributed by atoms with van der Waals surface area (Å²) in [6, 6.07) is 12.9. The Morgan fingerprint density at radius 2 is 1.88 bits per heavy atom. The molecular formula is C19H15N3O4. The van der Waals surface area contributed by atoms with Crippen LogP contribution in [-0.4, -0.2) is 21.3 Å². The number of carbonyl (C=O) groups is 1. The van der Waals surface area contributed by atoms with Gasteiger partial charge in [-0.1, -0.05) is 40.6 Å². The summed E-state index contributed by atoms with van der Waals surface area (Å²) in [6.07, 6.45) is 0. The van der Waals surface area contributed by atoms with Gasteiger partial charge >= 0.3 is 5.97 Å². The van der Waals surface area contributed by atoms with Crippen molar-refractivity contribution in [3.63, 3.8) is 0 Å². The molecule has 1 aromatic carbocycles. The van der Waals surface area contributed by atoms with E-state index >= 15 is 0 Å². The lowest BCUT2D eigenvalue weighted by atomic mass is 10.1. The molecule has 4 rings (SSSR count). The Labute approximate surface area is 148 Å². The quantitative estimate of drug-likeness (QED) is 0.517. The number of benzene rings is 1. The molecular weight excluding hydrogens is 334 g/mol. The summed E-state index contributed by atoms with van der Waals surface area (Å²) >= 11 is 0. The standard InChI is InChI=1S/C19H15N3O4/c1-11-8-14(22-25-11)10-24-19(23)15-9-16(13-6-4-3-5-7-13)20-18-17(15)12(2)21-26-18/h3-9H,10H2,1-2H3. The van der Waals surface area contributed by atoms with Crippen molar-refractivity contribution in [3.05, 3.63) is 65.2 Å². The Morgan fingerprint density at radius 1 is 1.08 bits per heavy atom. The van der Waals surface area contributed by atoms with E-state index in [9.17, 15) is 4.79 Å². The largest absolute Gasteiger partial charge is 0.455 e. The lowest BCUT2D eigenvalue weighted by Crippen LogP contribution is -2.07. The van der Waals surface area contributed by atoms with Gasteiger partial charge in [0, 0.05) is 11.6 Å². The zero-order chi connectivity index (χ0) is 18.1. The topological polar surface area (TPSA) is 91.2 Å². The van der Waals surface area contributed by atoms with E-state index < -0.39 is 5.97 Å². The Bertz CT molecular complexity index is 1080. The molecule has 0 aliphatic rings. The highest BCUT2D eigenvalue weighted by Crippen LogP contribution is 2.27. The van der Waals surface area contributed by atoms with Gasteiger partial charge in [-0.2, -0.15) is 0 Å². The van der Waals surface area contributed by atoms with Crippen LogP contribution in [0.5, 0.6) is 0 Å². The van der Waals surface area contributed by atoms with Crippen molar-refractivity contribution in [2.24, 2.45) is 0 Å². The fraction of sp³-hybridized carbons (Fsp3) is 0.158. The molecule has 0 N–H and O–H groups in total. The second-order valence-corrected chi connectivity index (χ2v) is 5.87. The molecule has 0 aliphatic carbocycles. The molecule has 26 heavy (non-hydrogen) atoms. The second kappa shape index (κ2) is 6.44. The minimum absolute atomic E-state index is 0.0188. The van der Waals surface area contributed by atoms with Gasteiger partial charge in [0.15, 0.2) is 0 Å². The van der Waals surface area contributed by atoms with Crippen LogP contribution in [0.3, 0.4) is 0 Å². The average Bonchev–Trinajstić information content (AvgIpc) is 3.25. The van der Waals surface area contributed by atoms with Crippen molar-refractivity contribution >= 4 is 17.1 Å². The Kier molecular flexibility index (Phi) is 3.96. The van der Waals surface area contributed by atoms with Crippen molar-refractivity contribution in [2.75, 3.05) is 0 Å². The van der Waals surface area contributed by atoms with Crippen molar-refractivity contribution < 1.29 is 18.6 Å². The number of hydrogen-bond donors (Lipinski definition) is 0. The van der Waals surface area contributed by atoms with E-state index in [-0.39, 0.29) is 6.61 Å². The lowest BCUT2D eigenvalue weighted by Gasteiger charge is -2.07. The van der Waals surface area contributed by atoms with Crippen molar-refractivity contribution in [3.8, 4) is 11.3 Å². The van der Waals surface area contributed by atoms with Crippen molar-refractivity contribution in [2.45, 2.75) is 20.5 Å². The molecule has 3 aromatic heterocycles. The third-order valence-corrected chi connectivity index (χ3v) is 3.93. The zero-order valence-corrected chi connectivity index (χ0v) is 14.2. The summed E-state index contributed by atoms with van der Waals surface area (Å²) in [6.45, 7) is 3.55. The highest BCUT2D eigenvalue weighted by molar-refractivity contribution is 6.04.